The number of amides is 1. The van der Waals surface area contributed by atoms with E-state index >= 15 is 0 Å². The van der Waals surface area contributed by atoms with E-state index in [0.29, 0.717) is 39.9 Å². The number of esters is 1. The molecule has 8 nitrogen and oxygen atoms in total. The number of aliphatic imine (C=N–C) groups is 1. The van der Waals surface area contributed by atoms with Crippen LogP contribution in [0.2, 0.25) is 10.0 Å². The number of aliphatic hydroxyl groups is 1. The summed E-state index contributed by atoms with van der Waals surface area (Å²) in [5.41, 5.74) is -0.142. The van der Waals surface area contributed by atoms with Gasteiger partial charge >= 0.3 is 5.97 Å². The maximum absolute atomic E-state index is 14.3. The molecule has 44 heavy (non-hydrogen) atoms. The van der Waals surface area contributed by atoms with Gasteiger partial charge in [0.05, 0.1) is 16.7 Å². The molecule has 0 spiro atoms. The Morgan fingerprint density at radius 2 is 1.80 bits per heavy atom. The Kier molecular flexibility index (Phi) is 11.3. The predicted molar refractivity (Wildman–Crippen MR) is 174 cm³/mol. The van der Waals surface area contributed by atoms with Crippen LogP contribution in [0.3, 0.4) is 0 Å². The third-order valence-electron chi connectivity index (χ3n) is 6.78. The topological polar surface area (TPSA) is 106 Å². The first kappa shape index (κ1) is 33.8. The van der Waals surface area contributed by atoms with Gasteiger partial charge in [0.2, 0.25) is 5.90 Å². The molecule has 0 aromatic heterocycles. The lowest BCUT2D eigenvalue weighted by Crippen LogP contribution is -2.48. The van der Waals surface area contributed by atoms with Gasteiger partial charge in [0.25, 0.3) is 5.91 Å². The average Bonchev–Trinajstić information content (AvgIpc) is 3.37. The number of nitrogens with zero attached hydrogens (tertiary/aromatic N) is 1. The van der Waals surface area contributed by atoms with Gasteiger partial charge in [-0.05, 0) is 75.2 Å². The highest BCUT2D eigenvalue weighted by molar-refractivity contribution is 9.10. The number of hydrogen-bond acceptors (Lipinski definition) is 7. The van der Waals surface area contributed by atoms with E-state index in [9.17, 15) is 9.59 Å². The smallest absolute Gasteiger partial charge is 0.306 e. The molecule has 0 aliphatic carbocycles. The van der Waals surface area contributed by atoms with Gasteiger partial charge in [-0.2, -0.15) is 0 Å². The van der Waals surface area contributed by atoms with Gasteiger partial charge in [-0.15, -0.1) is 0 Å². The zero-order valence-corrected chi connectivity index (χ0v) is 27.8. The van der Waals surface area contributed by atoms with Crippen LogP contribution < -0.4 is 10.1 Å². The number of carbonyl (C=O) groups is 2. The van der Waals surface area contributed by atoms with Gasteiger partial charge in [-0.1, -0.05) is 63.4 Å². The number of benzene rings is 3. The molecule has 234 valence electrons. The Balaban J connectivity index is 1.73. The van der Waals surface area contributed by atoms with Crippen LogP contribution in [0.1, 0.15) is 62.8 Å². The van der Waals surface area contributed by atoms with Crippen LogP contribution in [0.25, 0.3) is 0 Å². The second kappa shape index (κ2) is 14.8. The maximum atomic E-state index is 14.3. The lowest BCUT2D eigenvalue weighted by molar-refractivity contribution is -0.155. The summed E-state index contributed by atoms with van der Waals surface area (Å²) in [6.07, 6.45) is -0.406. The van der Waals surface area contributed by atoms with Crippen LogP contribution in [-0.2, 0) is 25.6 Å². The van der Waals surface area contributed by atoms with E-state index in [1.54, 1.807) is 63.2 Å². The molecule has 0 saturated carbocycles. The van der Waals surface area contributed by atoms with E-state index in [-0.39, 0.29) is 31.9 Å². The molecule has 0 bridgehead atoms. The summed E-state index contributed by atoms with van der Waals surface area (Å²) in [5, 5.41) is 12.8. The molecular weight excluding hydrogens is 671 g/mol. The van der Waals surface area contributed by atoms with Gasteiger partial charge in [0.15, 0.2) is 11.6 Å². The van der Waals surface area contributed by atoms with Gasteiger partial charge in [0.1, 0.15) is 11.4 Å². The summed E-state index contributed by atoms with van der Waals surface area (Å²) < 4.78 is 18.5. The van der Waals surface area contributed by atoms with Crippen molar-refractivity contribution in [3.63, 3.8) is 0 Å². The van der Waals surface area contributed by atoms with Gasteiger partial charge < -0.3 is 24.6 Å². The number of halogens is 3. The quantitative estimate of drug-likeness (QED) is 0.152. The predicted octanol–water partition coefficient (Wildman–Crippen LogP) is 7.21. The molecule has 1 amide bonds. The average molecular weight is 706 g/mol. The van der Waals surface area contributed by atoms with Crippen molar-refractivity contribution in [1.82, 2.24) is 5.32 Å². The van der Waals surface area contributed by atoms with E-state index in [1.807, 2.05) is 24.3 Å². The van der Waals surface area contributed by atoms with E-state index in [4.69, 9.17) is 47.5 Å². The Labute approximate surface area is 275 Å². The highest BCUT2D eigenvalue weighted by Crippen LogP contribution is 2.45. The van der Waals surface area contributed by atoms with E-state index in [2.05, 4.69) is 21.2 Å². The van der Waals surface area contributed by atoms with Crippen molar-refractivity contribution in [2.45, 2.75) is 63.8 Å². The molecular formula is C33H35BrCl2N2O6. The maximum Gasteiger partial charge on any atom is 0.306 e. The minimum absolute atomic E-state index is 0.0208. The van der Waals surface area contributed by atoms with Crippen LogP contribution in [0.4, 0.5) is 0 Å². The van der Waals surface area contributed by atoms with Crippen LogP contribution >= 0.6 is 39.1 Å². The third-order valence-corrected chi connectivity index (χ3v) is 8.25. The molecule has 1 heterocycles. The highest BCUT2D eigenvalue weighted by atomic mass is 79.9. The monoisotopic (exact) mass is 704 g/mol. The number of carbonyl (C=O) groups excluding carboxylic acids is 2. The minimum Gasteiger partial charge on any atom is -0.494 e. The number of ether oxygens (including phenoxy) is 3. The fraction of sp³-hybridized carbons (Fsp3) is 0.364. The summed E-state index contributed by atoms with van der Waals surface area (Å²) in [4.78, 5) is 32.2. The second-order valence-corrected chi connectivity index (χ2v) is 13.0. The Morgan fingerprint density at radius 1 is 1.07 bits per heavy atom. The van der Waals surface area contributed by atoms with Crippen molar-refractivity contribution >= 4 is 56.9 Å². The molecule has 0 fully saturated rings. The van der Waals surface area contributed by atoms with Crippen LogP contribution in [0.15, 0.2) is 76.2 Å². The van der Waals surface area contributed by atoms with E-state index in [1.165, 1.54) is 0 Å². The molecule has 11 heteroatoms. The molecule has 3 aromatic rings. The van der Waals surface area contributed by atoms with Gasteiger partial charge in [0, 0.05) is 41.6 Å². The summed E-state index contributed by atoms with van der Waals surface area (Å²) in [6, 6.07) is 19.7. The largest absolute Gasteiger partial charge is 0.494 e. The molecule has 2 atom stereocenters. The molecule has 0 saturated heterocycles. The van der Waals surface area contributed by atoms with Crippen LogP contribution in [0.5, 0.6) is 5.75 Å². The zero-order valence-electron chi connectivity index (χ0n) is 24.7. The SMILES string of the molecule is CC(C)(C)OC(=O)CC[C@@]1(C(=O)NCc2ccc(Cl)c(Cl)c2)N=C(c2ccc(OCCCO)cc2)O[C@@H]1c1ccccc1Br. The summed E-state index contributed by atoms with van der Waals surface area (Å²) >= 11 is 15.9. The molecule has 1 aliphatic heterocycles. The van der Waals surface area contributed by atoms with Gasteiger partial charge in [-0.3, -0.25) is 9.59 Å². The molecule has 3 aromatic carbocycles. The first-order chi connectivity index (χ1) is 20.9. The molecule has 1 aliphatic rings. The van der Waals surface area contributed by atoms with Gasteiger partial charge in [-0.25, -0.2) is 4.99 Å². The van der Waals surface area contributed by atoms with E-state index in [0.717, 1.165) is 10.0 Å². The molecule has 4 rings (SSSR count). The van der Waals surface area contributed by atoms with Crippen molar-refractivity contribution in [3.8, 4) is 5.75 Å². The number of nitrogens with one attached hydrogen (secondary N) is 1. The number of aliphatic hydroxyl groups excluding tert-OH is 1. The van der Waals surface area contributed by atoms with Crippen molar-refractivity contribution in [2.24, 2.45) is 4.99 Å². The van der Waals surface area contributed by atoms with Crippen molar-refractivity contribution in [3.05, 3.63) is 97.9 Å². The third kappa shape index (κ3) is 8.53. The zero-order chi connectivity index (χ0) is 31.9. The molecule has 2 N–H and O–H groups in total. The Morgan fingerprint density at radius 3 is 2.45 bits per heavy atom. The molecule has 0 unspecified atom stereocenters. The first-order valence-corrected chi connectivity index (χ1v) is 15.8. The molecule has 0 radical (unpaired) electrons. The lowest BCUT2D eigenvalue weighted by Gasteiger charge is -2.31. The fourth-order valence-electron chi connectivity index (χ4n) is 4.71. The summed E-state index contributed by atoms with van der Waals surface area (Å²) in [7, 11) is 0. The van der Waals surface area contributed by atoms with Crippen molar-refractivity contribution < 1.29 is 28.9 Å². The van der Waals surface area contributed by atoms with Crippen molar-refractivity contribution in [2.75, 3.05) is 13.2 Å². The number of hydrogen-bond donors (Lipinski definition) is 2. The summed E-state index contributed by atoms with van der Waals surface area (Å²) in [6.45, 7) is 5.95. The van der Waals surface area contributed by atoms with Crippen LogP contribution in [0, 0.1) is 0 Å². The fourth-order valence-corrected chi connectivity index (χ4v) is 5.52. The first-order valence-electron chi connectivity index (χ1n) is 14.2. The summed E-state index contributed by atoms with van der Waals surface area (Å²) in [5.74, 6) is 0.000142. The van der Waals surface area contributed by atoms with E-state index < -0.39 is 29.1 Å². The highest BCUT2D eigenvalue weighted by Gasteiger charge is 2.53. The Bertz CT molecular complexity index is 1510. The lowest BCUT2D eigenvalue weighted by atomic mass is 9.83. The number of rotatable bonds is 12. The van der Waals surface area contributed by atoms with Crippen LogP contribution in [-0.4, -0.2) is 47.2 Å². The second-order valence-electron chi connectivity index (χ2n) is 11.3. The minimum atomic E-state index is -1.53. The standard InChI is InChI=1S/C33H35BrCl2N2O6/c1-32(2,3)44-28(40)15-16-33(31(41)37-20-21-9-14-26(35)27(36)19-21)29(24-7-4-5-8-25(24)34)43-30(38-33)22-10-12-23(13-11-22)42-18-6-17-39/h4-5,7-14,19,29,39H,6,15-18,20H2,1-3H3,(H,37,41)/t29-,33-/m1/s1. The normalized spacial score (nSPS) is 17.9. The Hall–Kier alpha value is -3.11. The van der Waals surface area contributed by atoms with Crippen molar-refractivity contribution in [1.29, 1.82) is 0 Å².